The molecule has 1 aliphatic heterocycles. The first-order chi connectivity index (χ1) is 4.30. The average molecular weight is 130 g/mol. The van der Waals surface area contributed by atoms with Crippen LogP contribution in [-0.4, -0.2) is 23.7 Å². The van der Waals surface area contributed by atoms with Crippen LogP contribution in [0.3, 0.4) is 0 Å². The summed E-state index contributed by atoms with van der Waals surface area (Å²) in [6.07, 6.45) is 2.95. The Hall–Kier alpha value is -0.570. The molecule has 1 fully saturated rings. The summed E-state index contributed by atoms with van der Waals surface area (Å²) in [5, 5.41) is 11.4. The molecule has 0 saturated carbocycles. The second kappa shape index (κ2) is 2.82. The van der Waals surface area contributed by atoms with E-state index in [1.807, 2.05) is 0 Å². The van der Waals surface area contributed by atoms with Crippen LogP contribution >= 0.6 is 0 Å². The lowest BCUT2D eigenvalue weighted by atomic mass is 10.1. The molecule has 2 N–H and O–H groups in total. The molecule has 0 aliphatic carbocycles. The molecule has 1 atom stereocenters. The van der Waals surface area contributed by atoms with E-state index in [1.165, 1.54) is 0 Å². The maximum atomic E-state index is 10.3. The number of rotatable bonds is 1. The minimum absolute atomic E-state index is 0.279. The van der Waals surface area contributed by atoms with Crippen LogP contribution in [0.5, 0.6) is 0 Å². The molecule has 0 amide bonds. The van der Waals surface area contributed by atoms with Gasteiger partial charge in [0.2, 0.25) is 0 Å². The molecule has 1 saturated heterocycles. The van der Waals surface area contributed by atoms with E-state index in [0.717, 1.165) is 25.8 Å². The summed E-state index contributed by atoms with van der Waals surface area (Å²) in [6.45, 7) is 0.858. The standard InChI is InChI=1S/C6H11NO2/c8-6(9)5-3-1-2-4-7-5/h5,7H,1-4H2,(H,8,9)/t5-/m1/s1/i6+1. The number of nitrogens with one attached hydrogen (secondary N) is 1. The molecule has 1 heterocycles. The van der Waals surface area contributed by atoms with Gasteiger partial charge in [0.05, 0.1) is 0 Å². The molecular weight excluding hydrogens is 119 g/mol. The molecule has 9 heavy (non-hydrogen) atoms. The molecule has 0 unspecified atom stereocenters. The first-order valence-electron chi connectivity index (χ1n) is 3.27. The summed E-state index contributed by atoms with van der Waals surface area (Å²) >= 11 is 0. The monoisotopic (exact) mass is 130 g/mol. The van der Waals surface area contributed by atoms with Gasteiger partial charge in [-0.15, -0.1) is 0 Å². The van der Waals surface area contributed by atoms with Crippen LogP contribution in [0.2, 0.25) is 0 Å². The quantitative estimate of drug-likeness (QED) is 0.499. The maximum Gasteiger partial charge on any atom is 0.320 e. The molecule has 0 radical (unpaired) electrons. The average Bonchev–Trinajstić information content (AvgIpc) is 1.90. The van der Waals surface area contributed by atoms with Crippen molar-refractivity contribution in [2.24, 2.45) is 0 Å². The van der Waals surface area contributed by atoms with Crippen molar-refractivity contribution in [1.82, 2.24) is 5.32 Å². The van der Waals surface area contributed by atoms with Crippen LogP contribution in [0.25, 0.3) is 0 Å². The second-order valence-corrected chi connectivity index (χ2v) is 2.34. The van der Waals surface area contributed by atoms with Gasteiger partial charge in [0.15, 0.2) is 0 Å². The highest BCUT2D eigenvalue weighted by Crippen LogP contribution is 2.05. The molecule has 1 rings (SSSR count). The Morgan fingerprint density at radius 2 is 2.33 bits per heavy atom. The lowest BCUT2D eigenvalue weighted by Gasteiger charge is -2.18. The van der Waals surface area contributed by atoms with Gasteiger partial charge in [-0.2, -0.15) is 0 Å². The zero-order valence-corrected chi connectivity index (χ0v) is 5.26. The Labute approximate surface area is 54.1 Å². The fourth-order valence-corrected chi connectivity index (χ4v) is 1.06. The van der Waals surface area contributed by atoms with E-state index in [1.54, 1.807) is 0 Å². The zero-order chi connectivity index (χ0) is 6.69. The van der Waals surface area contributed by atoms with E-state index in [-0.39, 0.29) is 6.04 Å². The van der Waals surface area contributed by atoms with Crippen LogP contribution in [-0.2, 0) is 4.79 Å². The molecule has 3 nitrogen and oxygen atoms in total. The van der Waals surface area contributed by atoms with E-state index in [2.05, 4.69) is 5.32 Å². The van der Waals surface area contributed by atoms with Crippen LogP contribution in [0.15, 0.2) is 0 Å². The van der Waals surface area contributed by atoms with Crippen molar-refractivity contribution in [1.29, 1.82) is 0 Å². The Bertz CT molecular complexity index is 108. The Morgan fingerprint density at radius 1 is 1.56 bits per heavy atom. The van der Waals surface area contributed by atoms with Gasteiger partial charge in [0, 0.05) is 0 Å². The highest BCUT2D eigenvalue weighted by molar-refractivity contribution is 5.73. The van der Waals surface area contributed by atoms with Crippen LogP contribution < -0.4 is 5.32 Å². The highest BCUT2D eigenvalue weighted by atomic mass is 16.5. The highest BCUT2D eigenvalue weighted by Gasteiger charge is 2.18. The van der Waals surface area contributed by atoms with Crippen molar-refractivity contribution in [2.75, 3.05) is 6.54 Å². The summed E-state index contributed by atoms with van der Waals surface area (Å²) in [7, 11) is 0. The largest absolute Gasteiger partial charge is 0.480 e. The SMILES string of the molecule is O=[13C](O)[C@H]1CCCCN1. The number of hydrogen-bond donors (Lipinski definition) is 2. The van der Waals surface area contributed by atoms with Crippen molar-refractivity contribution in [3.05, 3.63) is 0 Å². The predicted molar refractivity (Wildman–Crippen MR) is 33.3 cm³/mol. The number of piperidine rings is 1. The smallest absolute Gasteiger partial charge is 0.320 e. The second-order valence-electron chi connectivity index (χ2n) is 2.34. The van der Waals surface area contributed by atoms with Crippen molar-refractivity contribution in [3.63, 3.8) is 0 Å². The van der Waals surface area contributed by atoms with Gasteiger partial charge in [0.25, 0.3) is 0 Å². The number of carbonyl (C=O) groups is 1. The van der Waals surface area contributed by atoms with E-state index in [0.29, 0.717) is 0 Å². The lowest BCUT2D eigenvalue weighted by molar-refractivity contribution is -0.140. The van der Waals surface area contributed by atoms with Crippen molar-refractivity contribution < 1.29 is 9.90 Å². The zero-order valence-electron chi connectivity index (χ0n) is 5.26. The van der Waals surface area contributed by atoms with Gasteiger partial charge in [0.1, 0.15) is 6.04 Å². The Morgan fingerprint density at radius 3 is 2.67 bits per heavy atom. The summed E-state index contributed by atoms with van der Waals surface area (Å²) in [6, 6.07) is -0.279. The van der Waals surface area contributed by atoms with Gasteiger partial charge in [-0.1, -0.05) is 6.42 Å². The molecule has 0 aromatic heterocycles. The van der Waals surface area contributed by atoms with E-state index in [4.69, 9.17) is 5.11 Å². The summed E-state index contributed by atoms with van der Waals surface area (Å²) in [5.74, 6) is -0.713. The number of carboxylic acids is 1. The molecule has 1 aliphatic rings. The van der Waals surface area contributed by atoms with Crippen LogP contribution in [0.4, 0.5) is 0 Å². The molecule has 0 aromatic carbocycles. The number of aliphatic carboxylic acids is 1. The first kappa shape index (κ1) is 6.55. The first-order valence-corrected chi connectivity index (χ1v) is 3.27. The van der Waals surface area contributed by atoms with Crippen LogP contribution in [0.1, 0.15) is 19.3 Å². The molecule has 0 bridgehead atoms. The maximum absolute atomic E-state index is 10.3. The van der Waals surface area contributed by atoms with Gasteiger partial charge < -0.3 is 10.4 Å². The summed E-state index contributed by atoms with van der Waals surface area (Å²) in [4.78, 5) is 10.3. The molecule has 52 valence electrons. The topological polar surface area (TPSA) is 49.3 Å². The van der Waals surface area contributed by atoms with Crippen LogP contribution in [0, 0.1) is 0 Å². The third-order valence-corrected chi connectivity index (χ3v) is 1.61. The summed E-state index contributed by atoms with van der Waals surface area (Å²) < 4.78 is 0. The van der Waals surface area contributed by atoms with E-state index >= 15 is 0 Å². The van der Waals surface area contributed by atoms with Crippen molar-refractivity contribution in [3.8, 4) is 0 Å². The van der Waals surface area contributed by atoms with Gasteiger partial charge in [-0.05, 0) is 19.4 Å². The third kappa shape index (κ3) is 1.68. The molecular formula is C6H11NO2. The fourth-order valence-electron chi connectivity index (χ4n) is 1.06. The fraction of sp³-hybridized carbons (Fsp3) is 0.833. The molecule has 0 aromatic rings. The van der Waals surface area contributed by atoms with E-state index < -0.39 is 5.97 Å². The predicted octanol–water partition coefficient (Wildman–Crippen LogP) is 0.213. The number of carboxylic acid groups (broad SMARTS) is 1. The Balaban J connectivity index is 2.31. The van der Waals surface area contributed by atoms with Gasteiger partial charge >= 0.3 is 5.97 Å². The molecule has 0 spiro atoms. The third-order valence-electron chi connectivity index (χ3n) is 1.61. The Kier molecular flexibility index (Phi) is 2.05. The van der Waals surface area contributed by atoms with Crippen molar-refractivity contribution >= 4 is 5.97 Å². The van der Waals surface area contributed by atoms with Crippen molar-refractivity contribution in [2.45, 2.75) is 25.3 Å². The summed E-state index contributed by atoms with van der Waals surface area (Å²) in [5.41, 5.74) is 0. The van der Waals surface area contributed by atoms with E-state index in [9.17, 15) is 4.79 Å². The minimum Gasteiger partial charge on any atom is -0.480 e. The molecule has 3 heteroatoms. The number of hydrogen-bond acceptors (Lipinski definition) is 2. The van der Waals surface area contributed by atoms with Gasteiger partial charge in [-0.3, -0.25) is 4.79 Å². The normalized spacial score (nSPS) is 27.8. The van der Waals surface area contributed by atoms with Gasteiger partial charge in [-0.25, -0.2) is 0 Å². The lowest BCUT2D eigenvalue weighted by Crippen LogP contribution is -2.40. The minimum atomic E-state index is -0.713.